The Labute approximate surface area is 230 Å². The van der Waals surface area contributed by atoms with Gasteiger partial charge in [-0.05, 0) is 72.4 Å². The van der Waals surface area contributed by atoms with Gasteiger partial charge in [-0.1, -0.05) is 60.0 Å². The van der Waals surface area contributed by atoms with E-state index in [1.807, 2.05) is 72.8 Å². The van der Waals surface area contributed by atoms with E-state index in [9.17, 15) is 4.79 Å². The molecule has 0 spiro atoms. The fraction of sp³-hybridized carbons (Fsp3) is 0. The molecule has 0 saturated carbocycles. The summed E-state index contributed by atoms with van der Waals surface area (Å²) < 4.78 is 1.49. The minimum absolute atomic E-state index is 0.0640. The number of carbonyl (C=O) groups excluding carboxylic acids is 1. The first-order valence-corrected chi connectivity index (χ1v) is 14.1. The predicted molar refractivity (Wildman–Crippen MR) is 159 cm³/mol. The van der Waals surface area contributed by atoms with Gasteiger partial charge < -0.3 is 10.2 Å². The van der Waals surface area contributed by atoms with Crippen molar-refractivity contribution in [3.05, 3.63) is 102 Å². The minimum Gasteiger partial charge on any atom is -0.337 e. The van der Waals surface area contributed by atoms with Crippen molar-refractivity contribution in [2.24, 2.45) is 10.2 Å². The van der Waals surface area contributed by atoms with Crippen LogP contribution in [-0.2, 0) is 4.79 Å². The first-order valence-electron chi connectivity index (χ1n) is 11.2. The number of thiophene rings is 1. The van der Waals surface area contributed by atoms with Gasteiger partial charge >= 0.3 is 0 Å². The van der Waals surface area contributed by atoms with Crippen LogP contribution in [0.1, 0.15) is 4.88 Å². The molecule has 0 unspecified atom stereocenters. The molecule has 6 nitrogen and oxygen atoms in total. The van der Waals surface area contributed by atoms with Gasteiger partial charge in [0.25, 0.3) is 0 Å². The van der Waals surface area contributed by atoms with Crippen LogP contribution in [0.5, 0.6) is 0 Å². The van der Waals surface area contributed by atoms with Gasteiger partial charge in [-0.2, -0.15) is 0 Å². The molecule has 1 saturated heterocycles. The van der Waals surface area contributed by atoms with Gasteiger partial charge in [-0.25, -0.2) is 4.98 Å². The number of rotatable bonds is 6. The molecule has 0 bridgehead atoms. The van der Waals surface area contributed by atoms with E-state index in [2.05, 4.69) is 49.7 Å². The molecule has 1 aliphatic heterocycles. The summed E-state index contributed by atoms with van der Waals surface area (Å²) in [5, 5.41) is 12.2. The monoisotopic (exact) mass is 555 g/mol. The number of anilines is 3. The molecule has 180 valence electrons. The number of thiazole rings is 1. The van der Waals surface area contributed by atoms with Gasteiger partial charge in [0.1, 0.15) is 9.15 Å². The molecule has 1 N–H and O–H groups in total. The number of nitrogens with zero attached hydrogens (tertiary/aromatic N) is 4. The first-order chi connectivity index (χ1) is 18.1. The van der Waals surface area contributed by atoms with Gasteiger partial charge in [0.15, 0.2) is 0 Å². The number of carbonyl (C=O) groups is 1. The highest BCUT2D eigenvalue weighted by molar-refractivity contribution is 8.33. The van der Waals surface area contributed by atoms with Gasteiger partial charge in [0.05, 0.1) is 16.1 Å². The lowest BCUT2D eigenvalue weighted by Crippen LogP contribution is -2.09. The number of fused-ring (bicyclic) bond motifs is 1. The smallest absolute Gasteiger partial charge is 0.242 e. The molecule has 0 radical (unpaired) electrons. The highest BCUT2D eigenvalue weighted by Gasteiger charge is 2.22. The SMILES string of the molecule is O=C1SC(=S)N/C1=C/c1cc2sc(N=Nc3ccc(N(c4ccccc4)c4ccccc4)cc3)nc2s1. The Balaban J connectivity index is 1.20. The van der Waals surface area contributed by atoms with Crippen molar-refractivity contribution in [2.45, 2.75) is 0 Å². The average molecular weight is 556 g/mol. The summed E-state index contributed by atoms with van der Waals surface area (Å²) in [7, 11) is 0. The molecule has 0 aliphatic carbocycles. The summed E-state index contributed by atoms with van der Waals surface area (Å²) in [6.07, 6.45) is 1.81. The Hall–Kier alpha value is -3.70. The molecule has 3 heterocycles. The highest BCUT2D eigenvalue weighted by Crippen LogP contribution is 2.37. The normalized spacial score (nSPS) is 14.6. The third-order valence-electron chi connectivity index (χ3n) is 5.41. The molecule has 10 heteroatoms. The van der Waals surface area contributed by atoms with Crippen molar-refractivity contribution < 1.29 is 4.79 Å². The lowest BCUT2D eigenvalue weighted by atomic mass is 10.2. The number of thioether (sulfide) groups is 1. The van der Waals surface area contributed by atoms with Crippen LogP contribution < -0.4 is 10.2 Å². The van der Waals surface area contributed by atoms with E-state index in [0.29, 0.717) is 15.1 Å². The van der Waals surface area contributed by atoms with E-state index in [4.69, 9.17) is 12.2 Å². The molecule has 6 rings (SSSR count). The van der Waals surface area contributed by atoms with Crippen molar-refractivity contribution in [2.75, 3.05) is 4.90 Å². The molecule has 2 aromatic heterocycles. The van der Waals surface area contributed by atoms with Crippen LogP contribution in [0.15, 0.2) is 107 Å². The Bertz CT molecular complexity index is 1590. The van der Waals surface area contributed by atoms with Crippen molar-refractivity contribution in [1.29, 1.82) is 0 Å². The Morgan fingerprint density at radius 3 is 2.08 bits per heavy atom. The second kappa shape index (κ2) is 10.3. The molecule has 0 atom stereocenters. The molecule has 0 amide bonds. The number of nitrogens with one attached hydrogen (secondary N) is 1. The van der Waals surface area contributed by atoms with Crippen LogP contribution in [0.3, 0.4) is 0 Å². The standard InChI is InChI=1S/C27H17N5OS4/c33-25-22(28-27(34)37-25)15-21-16-23-24(35-21)29-26(36-23)31-30-17-11-13-20(14-12-17)32(18-7-3-1-4-8-18)19-9-5-2-6-10-19/h1-16H,(H,28,34)/b22-15+,31-30?. The summed E-state index contributed by atoms with van der Waals surface area (Å²) in [4.78, 5) is 20.5. The second-order valence-electron chi connectivity index (χ2n) is 7.90. The summed E-state index contributed by atoms with van der Waals surface area (Å²) >= 11 is 9.05. The highest BCUT2D eigenvalue weighted by atomic mass is 32.2. The maximum Gasteiger partial charge on any atom is 0.242 e. The Kier molecular flexibility index (Phi) is 6.62. The Morgan fingerprint density at radius 2 is 1.49 bits per heavy atom. The molecular weight excluding hydrogens is 539 g/mol. The van der Waals surface area contributed by atoms with E-state index in [0.717, 1.165) is 48.9 Å². The number of hydrogen-bond donors (Lipinski definition) is 1. The number of aromatic nitrogens is 1. The fourth-order valence-electron chi connectivity index (χ4n) is 3.79. The summed E-state index contributed by atoms with van der Waals surface area (Å²) in [5.41, 5.74) is 4.44. The predicted octanol–water partition coefficient (Wildman–Crippen LogP) is 8.73. The second-order valence-corrected chi connectivity index (χ2v) is 11.6. The van der Waals surface area contributed by atoms with Crippen LogP contribution in [-0.4, -0.2) is 14.4 Å². The van der Waals surface area contributed by atoms with E-state index in [1.165, 1.54) is 22.7 Å². The van der Waals surface area contributed by atoms with Crippen molar-refractivity contribution >= 4 is 99.6 Å². The van der Waals surface area contributed by atoms with Crippen LogP contribution in [0.4, 0.5) is 27.9 Å². The van der Waals surface area contributed by atoms with E-state index < -0.39 is 0 Å². The number of para-hydroxylation sites is 2. The van der Waals surface area contributed by atoms with Crippen LogP contribution in [0.2, 0.25) is 0 Å². The lowest BCUT2D eigenvalue weighted by Gasteiger charge is -2.25. The fourth-order valence-corrected chi connectivity index (χ4v) is 6.66. The quantitative estimate of drug-likeness (QED) is 0.128. The van der Waals surface area contributed by atoms with E-state index in [1.54, 1.807) is 0 Å². The molecule has 1 fully saturated rings. The number of thiocarbonyl (C=S) groups is 1. The van der Waals surface area contributed by atoms with Gasteiger partial charge in [0.2, 0.25) is 10.2 Å². The number of azo groups is 1. The van der Waals surface area contributed by atoms with E-state index in [-0.39, 0.29) is 5.12 Å². The van der Waals surface area contributed by atoms with Crippen molar-refractivity contribution in [1.82, 2.24) is 10.3 Å². The van der Waals surface area contributed by atoms with Crippen molar-refractivity contribution in [3.63, 3.8) is 0 Å². The zero-order chi connectivity index (χ0) is 25.2. The molecular formula is C27H17N5OS4. The molecule has 37 heavy (non-hydrogen) atoms. The summed E-state index contributed by atoms with van der Waals surface area (Å²) in [6, 6.07) is 30.5. The lowest BCUT2D eigenvalue weighted by molar-refractivity contribution is -0.107. The van der Waals surface area contributed by atoms with Crippen LogP contribution in [0.25, 0.3) is 15.6 Å². The van der Waals surface area contributed by atoms with Crippen LogP contribution >= 0.6 is 46.7 Å². The maximum absolute atomic E-state index is 11.9. The molecule has 5 aromatic rings. The summed E-state index contributed by atoms with van der Waals surface area (Å²) in [5.74, 6) is 0. The zero-order valence-corrected chi connectivity index (χ0v) is 22.3. The first kappa shape index (κ1) is 23.7. The molecule has 1 aliphatic rings. The Morgan fingerprint density at radius 1 is 0.838 bits per heavy atom. The van der Waals surface area contributed by atoms with Gasteiger partial charge in [-0.3, -0.25) is 4.79 Å². The number of benzene rings is 3. The summed E-state index contributed by atoms with van der Waals surface area (Å²) in [6.45, 7) is 0. The van der Waals surface area contributed by atoms with Crippen LogP contribution in [0, 0.1) is 0 Å². The van der Waals surface area contributed by atoms with E-state index >= 15 is 0 Å². The van der Waals surface area contributed by atoms with Crippen molar-refractivity contribution in [3.8, 4) is 0 Å². The number of hydrogen-bond acceptors (Lipinski definition) is 9. The average Bonchev–Trinajstić information content (AvgIpc) is 3.57. The third-order valence-corrected chi connectivity index (χ3v) is 8.45. The topological polar surface area (TPSA) is 70.0 Å². The van der Waals surface area contributed by atoms with Gasteiger partial charge in [0, 0.05) is 21.9 Å². The maximum atomic E-state index is 11.9. The molecule has 3 aromatic carbocycles. The van der Waals surface area contributed by atoms with Gasteiger partial charge in [-0.15, -0.1) is 21.6 Å². The largest absolute Gasteiger partial charge is 0.337 e. The minimum atomic E-state index is -0.0640. The zero-order valence-electron chi connectivity index (χ0n) is 19.1. The third kappa shape index (κ3) is 5.23.